The van der Waals surface area contributed by atoms with Crippen LogP contribution in [0.25, 0.3) is 0 Å². The van der Waals surface area contributed by atoms with Gasteiger partial charge in [-0.15, -0.1) is 35.3 Å². The van der Waals surface area contributed by atoms with E-state index in [2.05, 4.69) is 15.3 Å². The number of nitrogens with one attached hydrogen (secondary N) is 1. The van der Waals surface area contributed by atoms with Gasteiger partial charge in [0.05, 0.1) is 17.8 Å². The Morgan fingerprint density at radius 1 is 1.38 bits per heavy atom. The fourth-order valence-electron chi connectivity index (χ4n) is 1.75. The number of hydrogen-bond donors (Lipinski definition) is 2. The zero-order valence-electron chi connectivity index (χ0n) is 12.6. The molecule has 1 aromatic carbocycles. The lowest BCUT2D eigenvalue weighted by Crippen LogP contribution is -2.23. The Labute approximate surface area is 158 Å². The molecule has 0 aliphatic carbocycles. The molecule has 10 heteroatoms. The summed E-state index contributed by atoms with van der Waals surface area (Å²) in [7, 11) is 1.54. The molecular formula is C14H16F3IN4OS. The van der Waals surface area contributed by atoms with E-state index < -0.39 is 11.9 Å². The van der Waals surface area contributed by atoms with Crippen molar-refractivity contribution in [3.05, 3.63) is 40.3 Å². The highest BCUT2D eigenvalue weighted by atomic mass is 127. The smallest absolute Gasteiger partial charge is 0.434 e. The number of methoxy groups -OCH3 is 1. The van der Waals surface area contributed by atoms with Crippen LogP contribution in [0.2, 0.25) is 0 Å². The number of rotatable bonds is 5. The zero-order valence-corrected chi connectivity index (χ0v) is 15.8. The third-order valence-electron chi connectivity index (χ3n) is 2.82. The molecule has 0 amide bonds. The van der Waals surface area contributed by atoms with Gasteiger partial charge >= 0.3 is 6.18 Å². The monoisotopic (exact) mass is 472 g/mol. The molecule has 24 heavy (non-hydrogen) atoms. The van der Waals surface area contributed by atoms with Crippen molar-refractivity contribution in [1.29, 1.82) is 0 Å². The van der Waals surface area contributed by atoms with Gasteiger partial charge in [-0.25, -0.2) is 4.98 Å². The number of aliphatic imine (C=N–C) groups is 1. The van der Waals surface area contributed by atoms with Crippen LogP contribution in [0.3, 0.4) is 0 Å². The van der Waals surface area contributed by atoms with E-state index in [1.165, 1.54) is 7.11 Å². The summed E-state index contributed by atoms with van der Waals surface area (Å²) in [4.78, 5) is 7.61. The van der Waals surface area contributed by atoms with Crippen LogP contribution in [0.5, 0.6) is 5.75 Å². The maximum absolute atomic E-state index is 12.4. The lowest BCUT2D eigenvalue weighted by Gasteiger charge is -2.09. The molecule has 0 fully saturated rings. The third kappa shape index (κ3) is 5.82. The van der Waals surface area contributed by atoms with E-state index >= 15 is 0 Å². The minimum absolute atomic E-state index is 0. The minimum Gasteiger partial charge on any atom is -0.495 e. The molecule has 0 atom stereocenters. The van der Waals surface area contributed by atoms with E-state index in [0.29, 0.717) is 16.4 Å². The fourth-order valence-corrected chi connectivity index (χ4v) is 2.55. The summed E-state index contributed by atoms with van der Waals surface area (Å²) in [5, 5.41) is 4.25. The lowest BCUT2D eigenvalue weighted by atomic mass is 10.3. The van der Waals surface area contributed by atoms with Gasteiger partial charge in [0, 0.05) is 18.3 Å². The van der Waals surface area contributed by atoms with Crippen LogP contribution >= 0.6 is 35.3 Å². The summed E-state index contributed by atoms with van der Waals surface area (Å²) < 4.78 is 42.5. The van der Waals surface area contributed by atoms with Gasteiger partial charge in [-0.1, -0.05) is 12.1 Å². The average Bonchev–Trinajstić information content (AvgIpc) is 2.97. The number of hydrogen-bond acceptors (Lipinski definition) is 4. The summed E-state index contributed by atoms with van der Waals surface area (Å²) in [6.45, 7) is 0.235. The van der Waals surface area contributed by atoms with Crippen molar-refractivity contribution in [3.63, 3.8) is 0 Å². The number of halogens is 4. The summed E-state index contributed by atoms with van der Waals surface area (Å²) in [5.41, 5.74) is 5.54. The van der Waals surface area contributed by atoms with E-state index in [1.54, 1.807) is 12.1 Å². The molecule has 0 spiro atoms. The van der Waals surface area contributed by atoms with E-state index in [4.69, 9.17) is 10.5 Å². The maximum atomic E-state index is 12.4. The summed E-state index contributed by atoms with van der Waals surface area (Å²) in [5.74, 6) is 0.766. The van der Waals surface area contributed by atoms with Crippen LogP contribution < -0.4 is 15.8 Å². The van der Waals surface area contributed by atoms with Crippen molar-refractivity contribution in [2.24, 2.45) is 10.7 Å². The van der Waals surface area contributed by atoms with Crippen molar-refractivity contribution in [1.82, 2.24) is 4.98 Å². The highest BCUT2D eigenvalue weighted by Crippen LogP contribution is 2.30. The third-order valence-corrected chi connectivity index (χ3v) is 3.73. The molecular weight excluding hydrogens is 456 g/mol. The standard InChI is InChI=1S/C14H15F3N4OS.HI/c1-22-10-5-3-2-4-9(10)20-13(18)19-7-6-12-21-11(8-23-12)14(15,16)17;/h2-5,8H,6-7H2,1H3,(H3,18,19,20);1H. The Hall–Kier alpha value is -1.56. The predicted octanol–water partition coefficient (Wildman–Crippen LogP) is 3.76. The molecule has 1 heterocycles. The van der Waals surface area contributed by atoms with Crippen LogP contribution in [0, 0.1) is 0 Å². The first kappa shape index (κ1) is 20.5. The topological polar surface area (TPSA) is 72.5 Å². The van der Waals surface area contributed by atoms with Crippen LogP contribution in [0.1, 0.15) is 10.7 Å². The Kier molecular flexibility index (Phi) is 7.73. The second-order valence-electron chi connectivity index (χ2n) is 4.47. The number of anilines is 1. The van der Waals surface area contributed by atoms with E-state index in [-0.39, 0.29) is 42.9 Å². The number of nitrogens with zero attached hydrogens (tertiary/aromatic N) is 2. The Balaban J connectivity index is 0.00000288. The second kappa shape index (κ2) is 9.06. The number of para-hydroxylation sites is 2. The van der Waals surface area contributed by atoms with Crippen LogP contribution in [-0.4, -0.2) is 24.6 Å². The molecule has 2 rings (SSSR count). The lowest BCUT2D eigenvalue weighted by molar-refractivity contribution is -0.140. The SMILES string of the molecule is COc1ccccc1NC(N)=NCCc1nc(C(F)(F)F)cs1.I. The minimum atomic E-state index is -4.41. The number of aromatic nitrogens is 1. The van der Waals surface area contributed by atoms with Crippen LogP contribution in [-0.2, 0) is 12.6 Å². The highest BCUT2D eigenvalue weighted by molar-refractivity contribution is 14.0. The first-order valence-electron chi connectivity index (χ1n) is 6.61. The van der Waals surface area contributed by atoms with Crippen molar-refractivity contribution < 1.29 is 17.9 Å². The van der Waals surface area contributed by atoms with E-state index in [1.807, 2.05) is 12.1 Å². The Bertz CT molecular complexity index is 691. The maximum Gasteiger partial charge on any atom is 0.434 e. The van der Waals surface area contributed by atoms with Crippen molar-refractivity contribution in [2.75, 3.05) is 19.0 Å². The predicted molar refractivity (Wildman–Crippen MR) is 99.3 cm³/mol. The molecule has 0 bridgehead atoms. The van der Waals surface area contributed by atoms with E-state index in [9.17, 15) is 13.2 Å². The van der Waals surface area contributed by atoms with Crippen molar-refractivity contribution >= 4 is 47.0 Å². The van der Waals surface area contributed by atoms with Gasteiger partial charge in [0.1, 0.15) is 5.75 Å². The summed E-state index contributed by atoms with van der Waals surface area (Å²) >= 11 is 0.957. The highest BCUT2D eigenvalue weighted by Gasteiger charge is 2.33. The van der Waals surface area contributed by atoms with Gasteiger partial charge in [0.15, 0.2) is 11.7 Å². The number of benzene rings is 1. The molecule has 0 saturated carbocycles. The van der Waals surface area contributed by atoms with E-state index in [0.717, 1.165) is 16.7 Å². The summed E-state index contributed by atoms with van der Waals surface area (Å²) in [6, 6.07) is 7.17. The Morgan fingerprint density at radius 2 is 2.08 bits per heavy atom. The fraction of sp³-hybridized carbons (Fsp3) is 0.286. The van der Waals surface area contributed by atoms with Gasteiger partial charge in [0.25, 0.3) is 0 Å². The first-order chi connectivity index (χ1) is 10.9. The average molecular weight is 472 g/mol. The molecule has 0 saturated heterocycles. The molecule has 132 valence electrons. The number of ether oxygens (including phenoxy) is 1. The van der Waals surface area contributed by atoms with Gasteiger partial charge in [-0.05, 0) is 12.1 Å². The zero-order chi connectivity index (χ0) is 16.9. The van der Waals surface area contributed by atoms with Crippen LogP contribution in [0.4, 0.5) is 18.9 Å². The van der Waals surface area contributed by atoms with Crippen LogP contribution in [0.15, 0.2) is 34.6 Å². The number of thiazole rings is 1. The molecule has 0 aliphatic heterocycles. The van der Waals surface area contributed by atoms with Gasteiger partial charge in [0.2, 0.25) is 0 Å². The van der Waals surface area contributed by atoms with Gasteiger partial charge in [-0.3, -0.25) is 4.99 Å². The van der Waals surface area contributed by atoms with Gasteiger partial charge in [-0.2, -0.15) is 13.2 Å². The molecule has 0 aliphatic rings. The molecule has 2 aromatic rings. The first-order valence-corrected chi connectivity index (χ1v) is 7.49. The van der Waals surface area contributed by atoms with Gasteiger partial charge < -0.3 is 15.8 Å². The molecule has 3 N–H and O–H groups in total. The van der Waals surface area contributed by atoms with Crippen molar-refractivity contribution in [3.8, 4) is 5.75 Å². The molecule has 5 nitrogen and oxygen atoms in total. The second-order valence-corrected chi connectivity index (χ2v) is 5.41. The normalized spacial score (nSPS) is 11.8. The quantitative estimate of drug-likeness (QED) is 0.395. The molecule has 0 radical (unpaired) electrons. The largest absolute Gasteiger partial charge is 0.495 e. The van der Waals surface area contributed by atoms with Crippen molar-refractivity contribution in [2.45, 2.75) is 12.6 Å². The summed E-state index contributed by atoms with van der Waals surface area (Å²) in [6.07, 6.45) is -4.13. The molecule has 0 unspecified atom stereocenters. The number of nitrogens with two attached hydrogens (primary N) is 1. The number of alkyl halides is 3. The Morgan fingerprint density at radius 3 is 2.71 bits per heavy atom. The number of guanidine groups is 1. The molecule has 1 aromatic heterocycles.